The first-order chi connectivity index (χ1) is 12.8. The Kier molecular flexibility index (Phi) is 3.84. The highest BCUT2D eigenvalue weighted by atomic mass is 16.1. The molecule has 0 radical (unpaired) electrons. The highest BCUT2D eigenvalue weighted by Gasteiger charge is 2.10. The average molecular weight is 340 g/mol. The van der Waals surface area contributed by atoms with Crippen molar-refractivity contribution in [2.75, 3.05) is 0 Å². The molecular weight excluding hydrogens is 328 g/mol. The number of hydrogen-bond acceptors (Lipinski definition) is 5. The number of fused-ring (bicyclic) bond motifs is 1. The predicted molar refractivity (Wildman–Crippen MR) is 97.3 cm³/mol. The van der Waals surface area contributed by atoms with Gasteiger partial charge in [0, 0.05) is 0 Å². The molecule has 124 valence electrons. The summed E-state index contributed by atoms with van der Waals surface area (Å²) in [6, 6.07) is 18.4. The smallest absolute Gasteiger partial charge is 0.266 e. The lowest BCUT2D eigenvalue weighted by Gasteiger charge is -2.02. The van der Waals surface area contributed by atoms with Crippen LogP contribution in [-0.2, 0) is 0 Å². The van der Waals surface area contributed by atoms with Gasteiger partial charge in [0.05, 0.1) is 29.7 Å². The lowest BCUT2D eigenvalue weighted by atomic mass is 10.2. The van der Waals surface area contributed by atoms with Gasteiger partial charge in [0.1, 0.15) is 11.7 Å². The number of hydrogen-bond donors (Lipinski definition) is 0. The third kappa shape index (κ3) is 2.76. The van der Waals surface area contributed by atoms with Gasteiger partial charge in [-0.15, -0.1) is 0 Å². The van der Waals surface area contributed by atoms with Crippen molar-refractivity contribution in [3.63, 3.8) is 0 Å². The molecule has 2 aromatic heterocycles. The molecule has 0 saturated heterocycles. The summed E-state index contributed by atoms with van der Waals surface area (Å²) in [5.41, 5.74) is 2.34. The predicted octanol–water partition coefficient (Wildman–Crippen LogP) is 2.34. The molecule has 2 aromatic carbocycles. The Morgan fingerprint density at radius 3 is 2.58 bits per heavy atom. The zero-order valence-corrected chi connectivity index (χ0v) is 13.5. The minimum absolute atomic E-state index is 0.304. The minimum Gasteiger partial charge on any atom is -0.266 e. The van der Waals surface area contributed by atoms with Gasteiger partial charge in [-0.3, -0.25) is 4.79 Å². The van der Waals surface area contributed by atoms with E-state index in [2.05, 4.69) is 21.3 Å². The average Bonchev–Trinajstić information content (AvgIpc) is 3.13. The summed E-state index contributed by atoms with van der Waals surface area (Å²) < 4.78 is 2.78. The van der Waals surface area contributed by atoms with Crippen LogP contribution in [0.2, 0.25) is 0 Å². The van der Waals surface area contributed by atoms with Gasteiger partial charge in [0.25, 0.3) is 5.56 Å². The molecule has 26 heavy (non-hydrogen) atoms. The Balaban J connectivity index is 1.71. The van der Waals surface area contributed by atoms with E-state index in [1.807, 2.05) is 30.3 Å². The number of rotatable bonds is 3. The normalized spacial score (nSPS) is 11.0. The van der Waals surface area contributed by atoms with E-state index < -0.39 is 0 Å². The molecule has 0 aliphatic carbocycles. The van der Waals surface area contributed by atoms with Gasteiger partial charge >= 0.3 is 0 Å². The SMILES string of the molecule is N#Cc1ccc(/C=N\n2cnc3c(cnn3-c3ccccc3)c2=O)cc1. The number of para-hydroxylation sites is 1. The van der Waals surface area contributed by atoms with Crippen molar-refractivity contribution in [2.24, 2.45) is 5.10 Å². The number of nitriles is 1. The summed E-state index contributed by atoms with van der Waals surface area (Å²) in [7, 11) is 0. The van der Waals surface area contributed by atoms with Crippen molar-refractivity contribution < 1.29 is 0 Å². The van der Waals surface area contributed by atoms with Crippen LogP contribution in [0.4, 0.5) is 0 Å². The van der Waals surface area contributed by atoms with E-state index in [-0.39, 0.29) is 5.56 Å². The molecule has 4 rings (SSSR count). The molecule has 0 fully saturated rings. The van der Waals surface area contributed by atoms with Gasteiger partial charge in [-0.2, -0.15) is 20.1 Å². The van der Waals surface area contributed by atoms with Crippen LogP contribution in [0.5, 0.6) is 0 Å². The summed E-state index contributed by atoms with van der Waals surface area (Å²) in [5, 5.41) is 17.6. The molecule has 0 N–H and O–H groups in total. The van der Waals surface area contributed by atoms with E-state index in [1.54, 1.807) is 28.9 Å². The summed E-state index contributed by atoms with van der Waals surface area (Å²) in [6.07, 6.45) is 4.40. The van der Waals surface area contributed by atoms with Gasteiger partial charge in [0.2, 0.25) is 0 Å². The fourth-order valence-electron chi connectivity index (χ4n) is 2.52. The Morgan fingerprint density at radius 2 is 1.85 bits per heavy atom. The van der Waals surface area contributed by atoms with Crippen molar-refractivity contribution in [3.05, 3.63) is 88.6 Å². The second-order valence-electron chi connectivity index (χ2n) is 5.50. The molecule has 0 spiro atoms. The molecule has 4 aromatic rings. The summed E-state index contributed by atoms with van der Waals surface area (Å²) >= 11 is 0. The summed E-state index contributed by atoms with van der Waals surface area (Å²) in [5.74, 6) is 0. The second-order valence-corrected chi connectivity index (χ2v) is 5.50. The molecule has 0 saturated carbocycles. The summed E-state index contributed by atoms with van der Waals surface area (Å²) in [6.45, 7) is 0. The standard InChI is InChI=1S/C19H12N6O/c20-10-14-6-8-15(9-7-14)11-22-24-13-21-18-17(19(24)26)12-23-25(18)16-4-2-1-3-5-16/h1-9,11-13H/b22-11-. The maximum atomic E-state index is 12.6. The number of nitrogens with zero attached hydrogens (tertiary/aromatic N) is 6. The first-order valence-electron chi connectivity index (χ1n) is 7.81. The van der Waals surface area contributed by atoms with Crippen molar-refractivity contribution in [1.82, 2.24) is 19.4 Å². The van der Waals surface area contributed by atoms with Gasteiger partial charge in [-0.05, 0) is 29.8 Å². The maximum absolute atomic E-state index is 12.6. The molecule has 0 atom stereocenters. The molecule has 0 aliphatic rings. The number of benzene rings is 2. The summed E-state index contributed by atoms with van der Waals surface area (Å²) in [4.78, 5) is 16.9. The van der Waals surface area contributed by atoms with Crippen molar-refractivity contribution in [2.45, 2.75) is 0 Å². The van der Waals surface area contributed by atoms with E-state index in [4.69, 9.17) is 5.26 Å². The number of aromatic nitrogens is 4. The Hall–Kier alpha value is -4.05. The van der Waals surface area contributed by atoms with Crippen molar-refractivity contribution in [3.8, 4) is 11.8 Å². The van der Waals surface area contributed by atoms with Gasteiger partial charge in [-0.1, -0.05) is 30.3 Å². The van der Waals surface area contributed by atoms with Crippen LogP contribution >= 0.6 is 0 Å². The molecule has 2 heterocycles. The first-order valence-corrected chi connectivity index (χ1v) is 7.81. The van der Waals surface area contributed by atoms with E-state index in [9.17, 15) is 4.79 Å². The van der Waals surface area contributed by atoms with Crippen LogP contribution in [0.25, 0.3) is 16.7 Å². The van der Waals surface area contributed by atoms with Crippen LogP contribution in [-0.4, -0.2) is 25.7 Å². The Labute approximate surface area is 148 Å². The van der Waals surface area contributed by atoms with Crippen LogP contribution < -0.4 is 5.56 Å². The lowest BCUT2D eigenvalue weighted by molar-refractivity contribution is 0.809. The molecule has 0 bridgehead atoms. The maximum Gasteiger partial charge on any atom is 0.285 e. The molecular formula is C19H12N6O. The van der Waals surface area contributed by atoms with Gasteiger partial charge in [0.15, 0.2) is 5.65 Å². The van der Waals surface area contributed by atoms with Crippen LogP contribution in [0.3, 0.4) is 0 Å². The zero-order chi connectivity index (χ0) is 17.9. The van der Waals surface area contributed by atoms with Crippen molar-refractivity contribution in [1.29, 1.82) is 5.26 Å². The van der Waals surface area contributed by atoms with E-state index >= 15 is 0 Å². The molecule has 7 nitrogen and oxygen atoms in total. The third-order valence-electron chi connectivity index (χ3n) is 3.84. The largest absolute Gasteiger partial charge is 0.285 e. The lowest BCUT2D eigenvalue weighted by Crippen LogP contribution is -2.17. The van der Waals surface area contributed by atoms with Gasteiger partial charge in [-0.25, -0.2) is 9.67 Å². The Morgan fingerprint density at radius 1 is 1.08 bits per heavy atom. The molecule has 0 amide bonds. The molecule has 0 unspecified atom stereocenters. The topological polar surface area (TPSA) is 88.9 Å². The van der Waals surface area contributed by atoms with Crippen molar-refractivity contribution >= 4 is 17.2 Å². The molecule has 0 aliphatic heterocycles. The van der Waals surface area contributed by atoms with E-state index in [1.165, 1.54) is 18.7 Å². The van der Waals surface area contributed by atoms with Crippen LogP contribution in [0.15, 0.2) is 77.0 Å². The monoisotopic (exact) mass is 340 g/mol. The van der Waals surface area contributed by atoms with E-state index in [0.717, 1.165) is 15.9 Å². The fraction of sp³-hybridized carbons (Fsp3) is 0. The fourth-order valence-corrected chi connectivity index (χ4v) is 2.52. The van der Waals surface area contributed by atoms with Crippen LogP contribution in [0.1, 0.15) is 11.1 Å². The zero-order valence-electron chi connectivity index (χ0n) is 13.5. The Bertz CT molecular complexity index is 1200. The van der Waals surface area contributed by atoms with E-state index in [0.29, 0.717) is 16.6 Å². The minimum atomic E-state index is -0.304. The van der Waals surface area contributed by atoms with Crippen LogP contribution in [0, 0.1) is 11.3 Å². The highest BCUT2D eigenvalue weighted by Crippen LogP contribution is 2.12. The van der Waals surface area contributed by atoms with Gasteiger partial charge < -0.3 is 0 Å². The second kappa shape index (κ2) is 6.45. The highest BCUT2D eigenvalue weighted by molar-refractivity contribution is 5.80. The quantitative estimate of drug-likeness (QED) is 0.535. The first kappa shape index (κ1) is 15.5. The molecule has 7 heteroatoms. The third-order valence-corrected chi connectivity index (χ3v) is 3.84.